The molecule has 2 rings (SSSR count). The second kappa shape index (κ2) is 7.23. The van der Waals surface area contributed by atoms with Crippen LogP contribution in [0.1, 0.15) is 36.2 Å². The lowest BCUT2D eigenvalue weighted by Gasteiger charge is -2.14. The molecule has 0 saturated heterocycles. The number of anilines is 1. The zero-order chi connectivity index (χ0) is 16.1. The van der Waals surface area contributed by atoms with Gasteiger partial charge in [-0.15, -0.1) is 0 Å². The Bertz CT molecular complexity index is 683. The highest BCUT2D eigenvalue weighted by molar-refractivity contribution is 6.31. The fraction of sp³-hybridized carbons (Fsp3) is 0.222. The first-order chi connectivity index (χ1) is 10.5. The summed E-state index contributed by atoms with van der Waals surface area (Å²) >= 11 is 6.01. The van der Waals surface area contributed by atoms with Crippen molar-refractivity contribution in [3.05, 3.63) is 64.7 Å². The number of halogens is 1. The van der Waals surface area contributed by atoms with E-state index in [-0.39, 0.29) is 17.6 Å². The summed E-state index contributed by atoms with van der Waals surface area (Å²) < 4.78 is 0. The molecule has 0 bridgehead atoms. The second-order valence-electron chi connectivity index (χ2n) is 5.18. The van der Waals surface area contributed by atoms with Gasteiger partial charge in [-0.2, -0.15) is 0 Å². The van der Waals surface area contributed by atoms with Crippen molar-refractivity contribution in [2.75, 3.05) is 5.32 Å². The lowest BCUT2D eigenvalue weighted by atomic mass is 10.0. The molecule has 0 aliphatic carbocycles. The predicted molar refractivity (Wildman–Crippen MR) is 89.4 cm³/mol. The van der Waals surface area contributed by atoms with E-state index in [0.717, 1.165) is 6.42 Å². The lowest BCUT2D eigenvalue weighted by molar-refractivity contribution is -0.119. The van der Waals surface area contributed by atoms with Gasteiger partial charge in [-0.1, -0.05) is 55.8 Å². The van der Waals surface area contributed by atoms with Crippen LogP contribution in [0.2, 0.25) is 5.02 Å². The van der Waals surface area contributed by atoms with Gasteiger partial charge in [-0.05, 0) is 24.6 Å². The molecule has 1 atom stereocenters. The van der Waals surface area contributed by atoms with E-state index < -0.39 is 0 Å². The minimum atomic E-state index is -0.164. The van der Waals surface area contributed by atoms with Gasteiger partial charge < -0.3 is 5.32 Å². The van der Waals surface area contributed by atoms with Gasteiger partial charge in [0.05, 0.1) is 5.69 Å². The van der Waals surface area contributed by atoms with Gasteiger partial charge >= 0.3 is 0 Å². The molecular weight excluding hydrogens is 298 g/mol. The van der Waals surface area contributed by atoms with Crippen molar-refractivity contribution in [1.82, 2.24) is 0 Å². The monoisotopic (exact) mass is 315 g/mol. The molecule has 0 saturated carbocycles. The Hall–Kier alpha value is -2.13. The molecule has 0 radical (unpaired) electrons. The number of nitrogens with one attached hydrogen (secondary N) is 1. The average Bonchev–Trinajstić information content (AvgIpc) is 2.55. The first kappa shape index (κ1) is 16.2. The summed E-state index contributed by atoms with van der Waals surface area (Å²) in [7, 11) is 0. The number of hydrogen-bond donors (Lipinski definition) is 1. The molecule has 4 heteroatoms. The molecule has 0 unspecified atom stereocenters. The third kappa shape index (κ3) is 3.74. The van der Waals surface area contributed by atoms with Crippen molar-refractivity contribution in [3.8, 4) is 0 Å². The van der Waals surface area contributed by atoms with Gasteiger partial charge in [-0.3, -0.25) is 9.59 Å². The van der Waals surface area contributed by atoms with Crippen LogP contribution in [0, 0.1) is 5.92 Å². The van der Waals surface area contributed by atoms with Gasteiger partial charge in [-0.25, -0.2) is 0 Å². The summed E-state index contributed by atoms with van der Waals surface area (Å²) in [5.41, 5.74) is 1.45. The highest BCUT2D eigenvalue weighted by atomic mass is 35.5. The SMILES string of the molecule is CC[C@H](C)C(=O)Nc1ccc(Cl)cc1C(=O)c1ccccc1. The van der Waals surface area contributed by atoms with Crippen LogP contribution in [0.4, 0.5) is 5.69 Å². The molecule has 3 nitrogen and oxygen atoms in total. The number of carbonyl (C=O) groups is 2. The molecule has 0 heterocycles. The van der Waals surface area contributed by atoms with Crippen LogP contribution in [0.15, 0.2) is 48.5 Å². The summed E-state index contributed by atoms with van der Waals surface area (Å²) in [6.45, 7) is 3.80. The highest BCUT2D eigenvalue weighted by Crippen LogP contribution is 2.24. The average molecular weight is 316 g/mol. The van der Waals surface area contributed by atoms with E-state index in [4.69, 9.17) is 11.6 Å². The molecule has 0 fully saturated rings. The Kier molecular flexibility index (Phi) is 5.34. The number of benzene rings is 2. The maximum absolute atomic E-state index is 12.6. The topological polar surface area (TPSA) is 46.2 Å². The number of hydrogen-bond acceptors (Lipinski definition) is 2. The van der Waals surface area contributed by atoms with Crippen LogP contribution in [0.5, 0.6) is 0 Å². The minimum Gasteiger partial charge on any atom is -0.325 e. The molecule has 1 amide bonds. The Balaban J connectivity index is 2.36. The highest BCUT2D eigenvalue weighted by Gasteiger charge is 2.17. The second-order valence-corrected chi connectivity index (χ2v) is 5.62. The lowest BCUT2D eigenvalue weighted by Crippen LogP contribution is -2.21. The van der Waals surface area contributed by atoms with E-state index in [1.807, 2.05) is 19.9 Å². The van der Waals surface area contributed by atoms with Gasteiger partial charge in [0, 0.05) is 22.1 Å². The summed E-state index contributed by atoms with van der Waals surface area (Å²) in [5, 5.41) is 3.28. The fourth-order valence-electron chi connectivity index (χ4n) is 2.00. The van der Waals surface area contributed by atoms with E-state index in [0.29, 0.717) is 21.8 Å². The smallest absolute Gasteiger partial charge is 0.227 e. The van der Waals surface area contributed by atoms with Crippen molar-refractivity contribution >= 4 is 29.0 Å². The first-order valence-electron chi connectivity index (χ1n) is 7.23. The standard InChI is InChI=1S/C18H18ClNO2/c1-3-12(2)18(22)20-16-10-9-14(19)11-15(16)17(21)13-7-5-4-6-8-13/h4-12H,3H2,1-2H3,(H,20,22)/t12-/m0/s1. The molecule has 2 aromatic carbocycles. The fourth-order valence-corrected chi connectivity index (χ4v) is 2.17. The quantitative estimate of drug-likeness (QED) is 0.822. The van der Waals surface area contributed by atoms with E-state index in [1.54, 1.807) is 42.5 Å². The first-order valence-corrected chi connectivity index (χ1v) is 7.61. The molecule has 2 aromatic rings. The number of rotatable bonds is 5. The zero-order valence-electron chi connectivity index (χ0n) is 12.6. The van der Waals surface area contributed by atoms with Crippen LogP contribution in [-0.4, -0.2) is 11.7 Å². The zero-order valence-corrected chi connectivity index (χ0v) is 13.4. The van der Waals surface area contributed by atoms with Gasteiger partial charge in [0.15, 0.2) is 5.78 Å². The number of ketones is 1. The van der Waals surface area contributed by atoms with Gasteiger partial charge in [0.2, 0.25) is 5.91 Å². The summed E-state index contributed by atoms with van der Waals surface area (Å²) in [5.74, 6) is -0.384. The van der Waals surface area contributed by atoms with E-state index in [1.165, 1.54) is 0 Å². The predicted octanol–water partition coefficient (Wildman–Crippen LogP) is 4.56. The Morgan fingerprint density at radius 2 is 1.82 bits per heavy atom. The van der Waals surface area contributed by atoms with Crippen molar-refractivity contribution in [1.29, 1.82) is 0 Å². The van der Waals surface area contributed by atoms with Crippen molar-refractivity contribution < 1.29 is 9.59 Å². The molecule has 1 N–H and O–H groups in total. The molecular formula is C18H18ClNO2. The Morgan fingerprint density at radius 1 is 1.14 bits per heavy atom. The van der Waals surface area contributed by atoms with E-state index in [9.17, 15) is 9.59 Å². The summed E-state index contributed by atoms with van der Waals surface area (Å²) in [6, 6.07) is 13.8. The Labute approximate surface area is 135 Å². The molecule has 114 valence electrons. The molecule has 0 spiro atoms. The molecule has 0 aliphatic rings. The van der Waals surface area contributed by atoms with E-state index in [2.05, 4.69) is 5.32 Å². The largest absolute Gasteiger partial charge is 0.325 e. The number of amides is 1. The Morgan fingerprint density at radius 3 is 2.45 bits per heavy atom. The third-order valence-electron chi connectivity index (χ3n) is 3.58. The van der Waals surface area contributed by atoms with E-state index >= 15 is 0 Å². The van der Waals surface area contributed by atoms with Crippen LogP contribution in [0.3, 0.4) is 0 Å². The van der Waals surface area contributed by atoms with Crippen molar-refractivity contribution in [2.24, 2.45) is 5.92 Å². The summed E-state index contributed by atoms with van der Waals surface area (Å²) in [6.07, 6.45) is 0.737. The van der Waals surface area contributed by atoms with Crippen LogP contribution >= 0.6 is 11.6 Å². The summed E-state index contributed by atoms with van der Waals surface area (Å²) in [4.78, 5) is 24.7. The minimum absolute atomic E-state index is 0.105. The third-order valence-corrected chi connectivity index (χ3v) is 3.82. The van der Waals surface area contributed by atoms with Crippen LogP contribution in [0.25, 0.3) is 0 Å². The van der Waals surface area contributed by atoms with Crippen LogP contribution < -0.4 is 5.32 Å². The van der Waals surface area contributed by atoms with Gasteiger partial charge in [0.1, 0.15) is 0 Å². The van der Waals surface area contributed by atoms with Crippen molar-refractivity contribution in [3.63, 3.8) is 0 Å². The normalized spacial score (nSPS) is 11.8. The molecule has 0 aliphatic heterocycles. The van der Waals surface area contributed by atoms with Crippen molar-refractivity contribution in [2.45, 2.75) is 20.3 Å². The maximum Gasteiger partial charge on any atom is 0.227 e. The number of carbonyl (C=O) groups excluding carboxylic acids is 2. The van der Waals surface area contributed by atoms with Crippen LogP contribution in [-0.2, 0) is 4.79 Å². The van der Waals surface area contributed by atoms with Gasteiger partial charge in [0.25, 0.3) is 0 Å². The molecule has 0 aromatic heterocycles. The maximum atomic E-state index is 12.6. The molecule has 22 heavy (non-hydrogen) atoms.